The molecule has 0 radical (unpaired) electrons. The molecule has 0 fully saturated rings. The lowest BCUT2D eigenvalue weighted by Gasteiger charge is -2.32. The Labute approximate surface area is 130 Å². The minimum Gasteiger partial charge on any atom is -0.497 e. The molecule has 1 atom stereocenters. The van der Waals surface area contributed by atoms with Gasteiger partial charge in [0.15, 0.2) is 0 Å². The predicted octanol–water partition coefficient (Wildman–Crippen LogP) is 3.43. The monoisotopic (exact) mass is 294 g/mol. The lowest BCUT2D eigenvalue weighted by atomic mass is 10.0. The lowest BCUT2D eigenvalue weighted by molar-refractivity contribution is 0.201. The van der Waals surface area contributed by atoms with Gasteiger partial charge in [-0.2, -0.15) is 0 Å². The number of urea groups is 1. The van der Waals surface area contributed by atoms with Crippen molar-refractivity contribution in [3.8, 4) is 5.75 Å². The van der Waals surface area contributed by atoms with Crippen LogP contribution < -0.4 is 10.1 Å². The van der Waals surface area contributed by atoms with Crippen LogP contribution in [0, 0.1) is 0 Å². The summed E-state index contributed by atoms with van der Waals surface area (Å²) in [6.45, 7) is 0. The Kier molecular flexibility index (Phi) is 3.83. The highest BCUT2D eigenvalue weighted by molar-refractivity contribution is 5.88. The van der Waals surface area contributed by atoms with Crippen LogP contribution in [0.4, 0.5) is 4.79 Å². The molecule has 1 heterocycles. The molecule has 0 aromatic heterocycles. The molecule has 1 N–H and O–H groups in total. The molecule has 112 valence electrons. The second kappa shape index (κ2) is 5.93. The van der Waals surface area contributed by atoms with Gasteiger partial charge >= 0.3 is 6.03 Å². The van der Waals surface area contributed by atoms with E-state index in [1.54, 1.807) is 19.1 Å². The number of hydrogen-bond donors (Lipinski definition) is 1. The highest BCUT2D eigenvalue weighted by atomic mass is 16.5. The van der Waals surface area contributed by atoms with Crippen molar-refractivity contribution < 1.29 is 9.53 Å². The molecule has 22 heavy (non-hydrogen) atoms. The van der Waals surface area contributed by atoms with E-state index in [9.17, 15) is 4.79 Å². The lowest BCUT2D eigenvalue weighted by Crippen LogP contribution is -2.42. The number of nitrogens with one attached hydrogen (secondary N) is 1. The Bertz CT molecular complexity index is 693. The molecule has 1 unspecified atom stereocenters. The molecule has 0 aliphatic carbocycles. The van der Waals surface area contributed by atoms with Crippen LogP contribution in [0.2, 0.25) is 0 Å². The molecule has 2 amide bonds. The molecular formula is C18H18N2O2. The van der Waals surface area contributed by atoms with Crippen molar-refractivity contribution in [2.75, 3.05) is 14.2 Å². The first-order valence-corrected chi connectivity index (χ1v) is 7.14. The third-order valence-electron chi connectivity index (χ3n) is 3.85. The first-order chi connectivity index (χ1) is 10.7. The number of amides is 2. The molecule has 0 saturated carbocycles. The van der Waals surface area contributed by atoms with Crippen molar-refractivity contribution in [1.82, 2.24) is 10.2 Å². The number of ether oxygens (including phenoxy) is 1. The predicted molar refractivity (Wildman–Crippen MR) is 86.4 cm³/mol. The first-order valence-electron chi connectivity index (χ1n) is 7.14. The van der Waals surface area contributed by atoms with Gasteiger partial charge in [-0.25, -0.2) is 4.79 Å². The maximum Gasteiger partial charge on any atom is 0.322 e. The summed E-state index contributed by atoms with van der Waals surface area (Å²) in [7, 11) is 3.44. The minimum absolute atomic E-state index is 0.102. The van der Waals surface area contributed by atoms with Gasteiger partial charge in [-0.1, -0.05) is 42.5 Å². The van der Waals surface area contributed by atoms with Crippen molar-refractivity contribution in [2.45, 2.75) is 6.04 Å². The van der Waals surface area contributed by atoms with E-state index in [4.69, 9.17) is 4.74 Å². The number of rotatable bonds is 3. The van der Waals surface area contributed by atoms with E-state index >= 15 is 0 Å². The number of benzene rings is 2. The molecule has 3 rings (SSSR count). The average Bonchev–Trinajstić information content (AvgIpc) is 2.58. The van der Waals surface area contributed by atoms with E-state index in [1.165, 1.54) is 0 Å². The Morgan fingerprint density at radius 1 is 1.05 bits per heavy atom. The molecule has 1 aliphatic rings. The van der Waals surface area contributed by atoms with Crippen molar-refractivity contribution in [3.63, 3.8) is 0 Å². The maximum atomic E-state index is 12.2. The van der Waals surface area contributed by atoms with Gasteiger partial charge in [-0.15, -0.1) is 0 Å². The van der Waals surface area contributed by atoms with E-state index in [0.717, 1.165) is 22.6 Å². The molecule has 4 heteroatoms. The van der Waals surface area contributed by atoms with Gasteiger partial charge < -0.3 is 15.0 Å². The smallest absolute Gasteiger partial charge is 0.322 e. The van der Waals surface area contributed by atoms with Gasteiger partial charge in [-0.3, -0.25) is 0 Å². The second-order valence-corrected chi connectivity index (χ2v) is 5.21. The fourth-order valence-corrected chi connectivity index (χ4v) is 2.55. The van der Waals surface area contributed by atoms with Crippen molar-refractivity contribution in [2.24, 2.45) is 0 Å². The Balaban J connectivity index is 1.98. The number of carbonyl (C=O) groups is 1. The fourth-order valence-electron chi connectivity index (χ4n) is 2.55. The van der Waals surface area contributed by atoms with Gasteiger partial charge in [0.1, 0.15) is 5.75 Å². The van der Waals surface area contributed by atoms with E-state index in [2.05, 4.69) is 11.4 Å². The molecule has 2 aromatic rings. The van der Waals surface area contributed by atoms with Crippen LogP contribution in [-0.4, -0.2) is 25.1 Å². The standard InChI is InChI=1S/C18H18N2O2/c1-20-17(14-8-10-15(22-2)11-9-14)12-16(19-18(20)21)13-6-4-3-5-7-13/h3-12,17H,1-2H3,(H,19,21). The van der Waals surface area contributed by atoms with Crippen LogP contribution >= 0.6 is 0 Å². The molecule has 0 bridgehead atoms. The largest absolute Gasteiger partial charge is 0.497 e. The summed E-state index contributed by atoms with van der Waals surface area (Å²) in [6.07, 6.45) is 2.07. The second-order valence-electron chi connectivity index (χ2n) is 5.21. The molecule has 4 nitrogen and oxygen atoms in total. The number of hydrogen-bond acceptors (Lipinski definition) is 2. The van der Waals surface area contributed by atoms with Gasteiger partial charge in [0.25, 0.3) is 0 Å². The van der Waals surface area contributed by atoms with Crippen molar-refractivity contribution >= 4 is 11.7 Å². The highest BCUT2D eigenvalue weighted by Gasteiger charge is 2.26. The van der Waals surface area contributed by atoms with Gasteiger partial charge in [0.2, 0.25) is 0 Å². The maximum absolute atomic E-state index is 12.2. The van der Waals surface area contributed by atoms with E-state index in [-0.39, 0.29) is 12.1 Å². The van der Waals surface area contributed by atoms with Crippen molar-refractivity contribution in [1.29, 1.82) is 0 Å². The number of methoxy groups -OCH3 is 1. The number of likely N-dealkylation sites (N-methyl/N-ethyl adjacent to an activating group) is 1. The van der Waals surface area contributed by atoms with Gasteiger partial charge in [0.05, 0.1) is 13.2 Å². The first kappa shape index (κ1) is 14.2. The zero-order valence-corrected chi connectivity index (χ0v) is 12.6. The van der Waals surface area contributed by atoms with Crippen LogP contribution in [0.1, 0.15) is 17.2 Å². The van der Waals surface area contributed by atoms with Crippen molar-refractivity contribution in [3.05, 3.63) is 71.8 Å². The topological polar surface area (TPSA) is 41.6 Å². The zero-order chi connectivity index (χ0) is 15.5. The quantitative estimate of drug-likeness (QED) is 0.942. The summed E-state index contributed by atoms with van der Waals surface area (Å²) in [5.41, 5.74) is 2.89. The SMILES string of the molecule is COc1ccc(C2C=C(c3ccccc3)NC(=O)N2C)cc1. The summed E-state index contributed by atoms with van der Waals surface area (Å²) in [4.78, 5) is 13.9. The number of carbonyl (C=O) groups excluding carboxylic acids is 1. The van der Waals surface area contributed by atoms with Crippen LogP contribution in [-0.2, 0) is 0 Å². The highest BCUT2D eigenvalue weighted by Crippen LogP contribution is 2.29. The third kappa shape index (κ3) is 2.68. The molecule has 0 spiro atoms. The number of nitrogens with zero attached hydrogens (tertiary/aromatic N) is 1. The van der Waals surface area contributed by atoms with Crippen LogP contribution in [0.15, 0.2) is 60.7 Å². The summed E-state index contributed by atoms with van der Waals surface area (Å²) >= 11 is 0. The summed E-state index contributed by atoms with van der Waals surface area (Å²) in [6, 6.07) is 17.4. The molecular weight excluding hydrogens is 276 g/mol. The van der Waals surface area contributed by atoms with Gasteiger partial charge in [0, 0.05) is 12.7 Å². The molecule has 2 aromatic carbocycles. The van der Waals surface area contributed by atoms with E-state index < -0.39 is 0 Å². The van der Waals surface area contributed by atoms with Crippen LogP contribution in [0.25, 0.3) is 5.70 Å². The third-order valence-corrected chi connectivity index (χ3v) is 3.85. The molecule has 0 saturated heterocycles. The average molecular weight is 294 g/mol. The molecule has 1 aliphatic heterocycles. The Morgan fingerprint density at radius 2 is 1.73 bits per heavy atom. The summed E-state index contributed by atoms with van der Waals surface area (Å²) in [5.74, 6) is 0.805. The summed E-state index contributed by atoms with van der Waals surface area (Å²) < 4.78 is 5.19. The van der Waals surface area contributed by atoms with Gasteiger partial charge in [-0.05, 0) is 29.3 Å². The van der Waals surface area contributed by atoms with E-state index in [1.807, 2.05) is 54.6 Å². The Hall–Kier alpha value is -2.75. The minimum atomic E-state index is -0.109. The normalized spacial score (nSPS) is 17.7. The summed E-state index contributed by atoms with van der Waals surface area (Å²) in [5, 5.41) is 2.93. The Morgan fingerprint density at radius 3 is 2.36 bits per heavy atom. The van der Waals surface area contributed by atoms with Crippen LogP contribution in [0.3, 0.4) is 0 Å². The van der Waals surface area contributed by atoms with Crippen LogP contribution in [0.5, 0.6) is 5.75 Å². The van der Waals surface area contributed by atoms with E-state index in [0.29, 0.717) is 0 Å². The zero-order valence-electron chi connectivity index (χ0n) is 12.6. The fraction of sp³-hybridized carbons (Fsp3) is 0.167.